The number of halogens is 1. The molecule has 0 aliphatic heterocycles. The summed E-state index contributed by atoms with van der Waals surface area (Å²) in [5, 5.41) is 0. The first kappa shape index (κ1) is 11.2. The summed E-state index contributed by atoms with van der Waals surface area (Å²) >= 11 is 3.43. The Bertz CT molecular complexity index is 337. The second-order valence-corrected chi connectivity index (χ2v) is 3.55. The maximum Gasteiger partial charge on any atom is 0.165 e. The summed E-state index contributed by atoms with van der Waals surface area (Å²) in [6.07, 6.45) is 0. The van der Waals surface area contributed by atoms with E-state index in [0.717, 1.165) is 21.5 Å². The van der Waals surface area contributed by atoms with Crippen LogP contribution in [0.4, 0.5) is 0 Å². The van der Waals surface area contributed by atoms with Crippen LogP contribution < -0.4 is 14.2 Å². The van der Waals surface area contributed by atoms with Crippen LogP contribution in [0.2, 0.25) is 0 Å². The van der Waals surface area contributed by atoms with E-state index in [2.05, 4.69) is 15.9 Å². The highest BCUT2D eigenvalue weighted by molar-refractivity contribution is 9.10. The van der Waals surface area contributed by atoms with Crippen molar-refractivity contribution in [2.75, 3.05) is 21.3 Å². The second-order valence-electron chi connectivity index (χ2n) is 2.75. The van der Waals surface area contributed by atoms with E-state index in [4.69, 9.17) is 14.2 Å². The van der Waals surface area contributed by atoms with E-state index < -0.39 is 0 Å². The zero-order chi connectivity index (χ0) is 10.7. The van der Waals surface area contributed by atoms with Crippen LogP contribution in [0.3, 0.4) is 0 Å². The fourth-order valence-electron chi connectivity index (χ4n) is 1.27. The monoisotopic (exact) mass is 260 g/mol. The normalized spacial score (nSPS) is 9.79. The lowest BCUT2D eigenvalue weighted by molar-refractivity contribution is 0.346. The van der Waals surface area contributed by atoms with Crippen LogP contribution in [0.1, 0.15) is 5.56 Å². The molecule has 0 N–H and O–H groups in total. The minimum Gasteiger partial charge on any atom is -0.495 e. The van der Waals surface area contributed by atoms with Crippen LogP contribution in [-0.4, -0.2) is 21.3 Å². The summed E-state index contributed by atoms with van der Waals surface area (Å²) in [5.41, 5.74) is 0.962. The molecule has 1 aromatic rings. The molecule has 0 bridgehead atoms. The van der Waals surface area contributed by atoms with Crippen molar-refractivity contribution < 1.29 is 14.2 Å². The highest BCUT2D eigenvalue weighted by Crippen LogP contribution is 2.41. The molecule has 0 saturated heterocycles. The summed E-state index contributed by atoms with van der Waals surface area (Å²) in [4.78, 5) is 0. The number of rotatable bonds is 3. The molecule has 1 rings (SSSR count). The molecule has 3 nitrogen and oxygen atoms in total. The highest BCUT2D eigenvalue weighted by Gasteiger charge is 2.14. The predicted octanol–water partition coefficient (Wildman–Crippen LogP) is 2.78. The Morgan fingerprint density at radius 3 is 2.00 bits per heavy atom. The number of hydrogen-bond donors (Lipinski definition) is 0. The van der Waals surface area contributed by atoms with Crippen LogP contribution in [0, 0.1) is 6.92 Å². The van der Waals surface area contributed by atoms with Crippen molar-refractivity contribution in [2.24, 2.45) is 0 Å². The predicted molar refractivity (Wildman–Crippen MR) is 58.5 cm³/mol. The molecule has 0 radical (unpaired) electrons. The number of ether oxygens (including phenoxy) is 3. The third kappa shape index (κ3) is 1.80. The second kappa shape index (κ2) is 4.55. The first-order valence-corrected chi connectivity index (χ1v) is 4.90. The Kier molecular flexibility index (Phi) is 3.63. The zero-order valence-corrected chi connectivity index (χ0v) is 10.3. The van der Waals surface area contributed by atoms with Gasteiger partial charge in [-0.05, 0) is 22.9 Å². The minimum absolute atomic E-state index is 0.671. The van der Waals surface area contributed by atoms with Crippen LogP contribution in [0.5, 0.6) is 17.2 Å². The fraction of sp³-hybridized carbons (Fsp3) is 0.400. The van der Waals surface area contributed by atoms with E-state index in [0.29, 0.717) is 5.75 Å². The van der Waals surface area contributed by atoms with E-state index in [1.165, 1.54) is 0 Å². The van der Waals surface area contributed by atoms with E-state index in [-0.39, 0.29) is 0 Å². The van der Waals surface area contributed by atoms with Gasteiger partial charge in [-0.3, -0.25) is 0 Å². The Balaban J connectivity index is 3.38. The molecule has 0 heterocycles. The molecule has 78 valence electrons. The van der Waals surface area contributed by atoms with Gasteiger partial charge in [-0.1, -0.05) is 0 Å². The molecule has 4 heteroatoms. The molecule has 0 aliphatic rings. The maximum atomic E-state index is 5.24. The molecule has 0 aromatic heterocycles. The van der Waals surface area contributed by atoms with Gasteiger partial charge in [0, 0.05) is 11.6 Å². The molecule has 1 aromatic carbocycles. The smallest absolute Gasteiger partial charge is 0.165 e. The molecular weight excluding hydrogens is 248 g/mol. The van der Waals surface area contributed by atoms with Crippen LogP contribution in [0.25, 0.3) is 0 Å². The zero-order valence-electron chi connectivity index (χ0n) is 8.68. The SMILES string of the molecule is COc1cc(OC)c(OC)c(C)c1Br. The van der Waals surface area contributed by atoms with Crippen molar-refractivity contribution in [3.8, 4) is 17.2 Å². The topological polar surface area (TPSA) is 27.7 Å². The fourth-order valence-corrected chi connectivity index (χ4v) is 1.73. The molecule has 14 heavy (non-hydrogen) atoms. The van der Waals surface area contributed by atoms with Gasteiger partial charge in [0.25, 0.3) is 0 Å². The molecule has 0 saturated carbocycles. The quantitative estimate of drug-likeness (QED) is 0.837. The van der Waals surface area contributed by atoms with Crippen molar-refractivity contribution in [1.29, 1.82) is 0 Å². The standard InChI is InChI=1S/C10H13BrO3/c1-6-9(11)7(12-2)5-8(13-3)10(6)14-4/h5H,1-4H3. The molecule has 0 unspecified atom stereocenters. The van der Waals surface area contributed by atoms with Gasteiger partial charge in [-0.25, -0.2) is 0 Å². The van der Waals surface area contributed by atoms with Gasteiger partial charge >= 0.3 is 0 Å². The van der Waals surface area contributed by atoms with Crippen molar-refractivity contribution in [2.45, 2.75) is 6.92 Å². The van der Waals surface area contributed by atoms with Gasteiger partial charge in [0.15, 0.2) is 11.5 Å². The average molecular weight is 261 g/mol. The molecule has 0 amide bonds. The van der Waals surface area contributed by atoms with Gasteiger partial charge in [-0.2, -0.15) is 0 Å². The van der Waals surface area contributed by atoms with Gasteiger partial charge < -0.3 is 14.2 Å². The van der Waals surface area contributed by atoms with E-state index in [9.17, 15) is 0 Å². The molecular formula is C10H13BrO3. The summed E-state index contributed by atoms with van der Waals surface area (Å²) in [6, 6.07) is 1.79. The first-order valence-electron chi connectivity index (χ1n) is 4.10. The molecule has 0 aliphatic carbocycles. The van der Waals surface area contributed by atoms with Crippen molar-refractivity contribution in [3.05, 3.63) is 16.1 Å². The first-order chi connectivity index (χ1) is 6.65. The third-order valence-electron chi connectivity index (χ3n) is 2.02. The van der Waals surface area contributed by atoms with Crippen molar-refractivity contribution in [1.82, 2.24) is 0 Å². The Morgan fingerprint density at radius 2 is 1.57 bits per heavy atom. The van der Waals surface area contributed by atoms with Crippen LogP contribution >= 0.6 is 15.9 Å². The van der Waals surface area contributed by atoms with Crippen LogP contribution in [-0.2, 0) is 0 Å². The highest BCUT2D eigenvalue weighted by atomic mass is 79.9. The Labute approximate surface area is 92.1 Å². The number of methoxy groups -OCH3 is 3. The molecule has 0 atom stereocenters. The Hall–Kier alpha value is -0.900. The summed E-state index contributed by atoms with van der Waals surface area (Å²) in [6.45, 7) is 1.94. The van der Waals surface area contributed by atoms with Gasteiger partial charge in [-0.15, -0.1) is 0 Å². The van der Waals surface area contributed by atoms with Crippen molar-refractivity contribution >= 4 is 15.9 Å². The lowest BCUT2D eigenvalue weighted by Gasteiger charge is -2.14. The number of benzene rings is 1. The van der Waals surface area contributed by atoms with Gasteiger partial charge in [0.1, 0.15) is 5.75 Å². The van der Waals surface area contributed by atoms with Gasteiger partial charge in [0.05, 0.1) is 25.8 Å². The summed E-state index contributed by atoms with van der Waals surface area (Å²) < 4.78 is 16.5. The van der Waals surface area contributed by atoms with E-state index in [1.807, 2.05) is 6.92 Å². The van der Waals surface area contributed by atoms with E-state index >= 15 is 0 Å². The Morgan fingerprint density at radius 1 is 1.00 bits per heavy atom. The molecule has 0 fully saturated rings. The lowest BCUT2D eigenvalue weighted by Crippen LogP contribution is -1.96. The molecule has 0 spiro atoms. The summed E-state index contributed by atoms with van der Waals surface area (Å²) in [5.74, 6) is 2.13. The minimum atomic E-state index is 0.671. The van der Waals surface area contributed by atoms with Crippen LogP contribution in [0.15, 0.2) is 10.5 Å². The third-order valence-corrected chi connectivity index (χ3v) is 3.00. The van der Waals surface area contributed by atoms with Crippen molar-refractivity contribution in [3.63, 3.8) is 0 Å². The summed E-state index contributed by atoms with van der Waals surface area (Å²) in [7, 11) is 4.83. The maximum absolute atomic E-state index is 5.24. The average Bonchev–Trinajstić information content (AvgIpc) is 2.21. The largest absolute Gasteiger partial charge is 0.495 e. The van der Waals surface area contributed by atoms with Gasteiger partial charge in [0.2, 0.25) is 0 Å². The van der Waals surface area contributed by atoms with E-state index in [1.54, 1.807) is 27.4 Å². The lowest BCUT2D eigenvalue weighted by atomic mass is 10.2. The number of hydrogen-bond acceptors (Lipinski definition) is 3.